The van der Waals surface area contributed by atoms with Crippen LogP contribution in [0, 0.1) is 0 Å². The van der Waals surface area contributed by atoms with E-state index in [4.69, 9.17) is 0 Å². The lowest BCUT2D eigenvalue weighted by molar-refractivity contribution is 0.584. The van der Waals surface area contributed by atoms with Crippen molar-refractivity contribution in [2.75, 3.05) is 6.54 Å². The van der Waals surface area contributed by atoms with Gasteiger partial charge < -0.3 is 5.32 Å². The lowest BCUT2D eigenvalue weighted by Crippen LogP contribution is -2.20. The first-order chi connectivity index (χ1) is 7.86. The van der Waals surface area contributed by atoms with Crippen molar-refractivity contribution in [1.82, 2.24) is 10.3 Å². The molecule has 0 fully saturated rings. The summed E-state index contributed by atoms with van der Waals surface area (Å²) in [5.74, 6) is 0. The van der Waals surface area contributed by atoms with Crippen molar-refractivity contribution in [2.45, 2.75) is 19.4 Å². The SMILES string of the molecule is CC(NCCc1ccccc1)c1cncs1. The van der Waals surface area contributed by atoms with Crippen LogP contribution in [0.1, 0.15) is 23.4 Å². The number of nitrogens with zero attached hydrogens (tertiary/aromatic N) is 1. The van der Waals surface area contributed by atoms with E-state index in [2.05, 4.69) is 47.6 Å². The first-order valence-corrected chi connectivity index (χ1v) is 6.40. The molecule has 1 heterocycles. The van der Waals surface area contributed by atoms with Crippen LogP contribution in [0.15, 0.2) is 42.0 Å². The normalized spacial score (nSPS) is 12.6. The van der Waals surface area contributed by atoms with Crippen molar-refractivity contribution in [3.63, 3.8) is 0 Å². The fourth-order valence-electron chi connectivity index (χ4n) is 1.62. The summed E-state index contributed by atoms with van der Waals surface area (Å²) in [6.07, 6.45) is 3.01. The van der Waals surface area contributed by atoms with Gasteiger partial charge in [-0.25, -0.2) is 0 Å². The van der Waals surface area contributed by atoms with Gasteiger partial charge in [0.2, 0.25) is 0 Å². The largest absolute Gasteiger partial charge is 0.309 e. The maximum Gasteiger partial charge on any atom is 0.0794 e. The van der Waals surface area contributed by atoms with E-state index in [1.54, 1.807) is 11.3 Å². The van der Waals surface area contributed by atoms with Gasteiger partial charge in [-0.05, 0) is 25.5 Å². The van der Waals surface area contributed by atoms with E-state index in [1.165, 1.54) is 10.4 Å². The van der Waals surface area contributed by atoms with Crippen LogP contribution in [0.3, 0.4) is 0 Å². The molecular weight excluding hydrogens is 216 g/mol. The van der Waals surface area contributed by atoms with Gasteiger partial charge in [0.25, 0.3) is 0 Å². The van der Waals surface area contributed by atoms with Gasteiger partial charge in [0.05, 0.1) is 5.51 Å². The molecule has 0 radical (unpaired) electrons. The Morgan fingerprint density at radius 2 is 2.12 bits per heavy atom. The highest BCUT2D eigenvalue weighted by atomic mass is 32.1. The van der Waals surface area contributed by atoms with Crippen molar-refractivity contribution >= 4 is 11.3 Å². The van der Waals surface area contributed by atoms with E-state index in [-0.39, 0.29) is 0 Å². The summed E-state index contributed by atoms with van der Waals surface area (Å²) in [6.45, 7) is 3.18. The maximum atomic E-state index is 4.09. The predicted molar refractivity (Wildman–Crippen MR) is 68.7 cm³/mol. The molecule has 2 nitrogen and oxygen atoms in total. The van der Waals surface area contributed by atoms with Gasteiger partial charge in [-0.1, -0.05) is 30.3 Å². The highest BCUT2D eigenvalue weighted by Crippen LogP contribution is 2.15. The second-order valence-corrected chi connectivity index (χ2v) is 4.73. The molecule has 16 heavy (non-hydrogen) atoms. The van der Waals surface area contributed by atoms with Crippen LogP contribution < -0.4 is 5.32 Å². The number of benzene rings is 1. The van der Waals surface area contributed by atoms with Gasteiger partial charge in [-0.3, -0.25) is 4.98 Å². The van der Waals surface area contributed by atoms with E-state index < -0.39 is 0 Å². The quantitative estimate of drug-likeness (QED) is 0.857. The number of nitrogens with one attached hydrogen (secondary N) is 1. The van der Waals surface area contributed by atoms with Crippen LogP contribution in [-0.4, -0.2) is 11.5 Å². The fraction of sp³-hybridized carbons (Fsp3) is 0.308. The van der Waals surface area contributed by atoms with Crippen molar-refractivity contribution in [2.24, 2.45) is 0 Å². The third-order valence-electron chi connectivity index (χ3n) is 2.59. The molecular formula is C13H16N2S. The van der Waals surface area contributed by atoms with Gasteiger partial charge in [-0.2, -0.15) is 0 Å². The minimum Gasteiger partial charge on any atom is -0.309 e. The number of aromatic nitrogens is 1. The Morgan fingerprint density at radius 3 is 2.81 bits per heavy atom. The molecule has 0 aliphatic carbocycles. The van der Waals surface area contributed by atoms with Gasteiger partial charge in [0.15, 0.2) is 0 Å². The molecule has 0 saturated carbocycles. The van der Waals surface area contributed by atoms with Crippen LogP contribution in [-0.2, 0) is 6.42 Å². The Bertz CT molecular complexity index is 397. The Labute approximate surface area is 100 Å². The number of hydrogen-bond donors (Lipinski definition) is 1. The molecule has 2 rings (SSSR count). The first-order valence-electron chi connectivity index (χ1n) is 5.52. The molecule has 0 bridgehead atoms. The minimum absolute atomic E-state index is 0.399. The Kier molecular flexibility index (Phi) is 4.08. The van der Waals surface area contributed by atoms with Crippen LogP contribution in [0.5, 0.6) is 0 Å². The summed E-state index contributed by atoms with van der Waals surface area (Å²) in [6, 6.07) is 11.0. The standard InChI is InChI=1S/C13H16N2S/c1-11(13-9-14-10-16-13)15-8-7-12-5-3-2-4-6-12/h2-6,9-11,15H,7-8H2,1H3. The second kappa shape index (κ2) is 5.77. The highest BCUT2D eigenvalue weighted by Gasteiger charge is 2.05. The minimum atomic E-state index is 0.399. The molecule has 0 saturated heterocycles. The lowest BCUT2D eigenvalue weighted by Gasteiger charge is -2.11. The molecule has 0 aliphatic rings. The molecule has 1 aromatic heterocycles. The molecule has 0 spiro atoms. The molecule has 2 aromatic rings. The lowest BCUT2D eigenvalue weighted by atomic mass is 10.1. The summed E-state index contributed by atoms with van der Waals surface area (Å²) in [5, 5.41) is 3.50. The van der Waals surface area contributed by atoms with Gasteiger partial charge >= 0.3 is 0 Å². The maximum absolute atomic E-state index is 4.09. The summed E-state index contributed by atoms with van der Waals surface area (Å²) < 4.78 is 0. The van der Waals surface area contributed by atoms with Crippen molar-refractivity contribution in [3.8, 4) is 0 Å². The highest BCUT2D eigenvalue weighted by molar-refractivity contribution is 7.09. The van der Waals surface area contributed by atoms with E-state index in [0.717, 1.165) is 13.0 Å². The van der Waals surface area contributed by atoms with Crippen LogP contribution >= 0.6 is 11.3 Å². The second-order valence-electron chi connectivity index (χ2n) is 3.82. The van der Waals surface area contributed by atoms with Crippen molar-refractivity contribution < 1.29 is 0 Å². The van der Waals surface area contributed by atoms with Gasteiger partial charge in [0.1, 0.15) is 0 Å². The Hall–Kier alpha value is -1.19. The smallest absolute Gasteiger partial charge is 0.0794 e. The number of thiazole rings is 1. The third-order valence-corrected chi connectivity index (χ3v) is 3.54. The Balaban J connectivity index is 1.76. The average molecular weight is 232 g/mol. The zero-order chi connectivity index (χ0) is 11.2. The zero-order valence-corrected chi connectivity index (χ0v) is 10.2. The first kappa shape index (κ1) is 11.3. The average Bonchev–Trinajstić information content (AvgIpc) is 2.84. The predicted octanol–water partition coefficient (Wildman–Crippen LogP) is 3.04. The van der Waals surface area contributed by atoms with Gasteiger partial charge in [-0.15, -0.1) is 11.3 Å². The molecule has 1 atom stereocenters. The van der Waals surface area contributed by atoms with Crippen molar-refractivity contribution in [3.05, 3.63) is 52.5 Å². The van der Waals surface area contributed by atoms with E-state index in [1.807, 2.05) is 11.7 Å². The summed E-state index contributed by atoms with van der Waals surface area (Å²) >= 11 is 1.70. The fourth-order valence-corrected chi connectivity index (χ4v) is 2.27. The van der Waals surface area contributed by atoms with Crippen molar-refractivity contribution in [1.29, 1.82) is 0 Å². The molecule has 1 N–H and O–H groups in total. The topological polar surface area (TPSA) is 24.9 Å². The third kappa shape index (κ3) is 3.15. The summed E-state index contributed by atoms with van der Waals surface area (Å²) in [5.41, 5.74) is 3.26. The molecule has 0 aliphatic heterocycles. The molecule has 0 amide bonds. The van der Waals surface area contributed by atoms with E-state index in [0.29, 0.717) is 6.04 Å². The number of rotatable bonds is 5. The van der Waals surface area contributed by atoms with E-state index >= 15 is 0 Å². The van der Waals surface area contributed by atoms with Gasteiger partial charge in [0, 0.05) is 17.1 Å². The molecule has 1 aromatic carbocycles. The molecule has 3 heteroatoms. The molecule has 1 unspecified atom stereocenters. The number of hydrogen-bond acceptors (Lipinski definition) is 3. The van der Waals surface area contributed by atoms with Crippen LogP contribution in [0.2, 0.25) is 0 Å². The van der Waals surface area contributed by atoms with Crippen LogP contribution in [0.4, 0.5) is 0 Å². The zero-order valence-electron chi connectivity index (χ0n) is 9.39. The van der Waals surface area contributed by atoms with E-state index in [9.17, 15) is 0 Å². The van der Waals surface area contributed by atoms with Crippen LogP contribution in [0.25, 0.3) is 0 Å². The Morgan fingerprint density at radius 1 is 1.31 bits per heavy atom. The summed E-state index contributed by atoms with van der Waals surface area (Å²) in [4.78, 5) is 5.39. The summed E-state index contributed by atoms with van der Waals surface area (Å²) in [7, 11) is 0. The monoisotopic (exact) mass is 232 g/mol. The molecule has 84 valence electrons.